The molecule has 2 amide bonds. The number of rotatable bonds is 10. The predicted octanol–water partition coefficient (Wildman–Crippen LogP) is 3.97. The summed E-state index contributed by atoms with van der Waals surface area (Å²) in [6.07, 6.45) is 3.64. The van der Waals surface area contributed by atoms with Gasteiger partial charge in [0.2, 0.25) is 17.6 Å². The van der Waals surface area contributed by atoms with Crippen LogP contribution in [0.1, 0.15) is 47.2 Å². The molecular formula is C32H35N7O4. The predicted molar refractivity (Wildman–Crippen MR) is 162 cm³/mol. The van der Waals surface area contributed by atoms with Crippen molar-refractivity contribution < 1.29 is 19.5 Å². The molecule has 1 atom stereocenters. The number of hydrogen-bond donors (Lipinski definition) is 5. The lowest BCUT2D eigenvalue weighted by Gasteiger charge is -2.28. The number of aromatic nitrogens is 4. The van der Waals surface area contributed by atoms with Gasteiger partial charge >= 0.3 is 5.97 Å². The number of carbonyl (C=O) groups excluding carboxylic acids is 2. The third-order valence-corrected chi connectivity index (χ3v) is 8.11. The first-order valence-corrected chi connectivity index (χ1v) is 14.4. The van der Waals surface area contributed by atoms with Crippen molar-refractivity contribution in [1.29, 1.82) is 0 Å². The first kappa shape index (κ1) is 29.6. The fourth-order valence-electron chi connectivity index (χ4n) is 5.58. The Labute approximate surface area is 249 Å². The number of carboxylic acids is 1. The molecule has 5 rings (SSSR count). The minimum Gasteiger partial charge on any atom is -0.478 e. The zero-order valence-corrected chi connectivity index (χ0v) is 23.9. The molecule has 0 bridgehead atoms. The Kier molecular flexibility index (Phi) is 9.21. The van der Waals surface area contributed by atoms with Gasteiger partial charge in [0.05, 0.1) is 5.56 Å². The number of aromatic carboxylic acids is 1. The Bertz CT molecular complexity index is 1560. The van der Waals surface area contributed by atoms with Crippen LogP contribution in [0.4, 0.5) is 5.69 Å². The van der Waals surface area contributed by atoms with E-state index in [9.17, 15) is 19.5 Å². The van der Waals surface area contributed by atoms with Crippen molar-refractivity contribution >= 4 is 23.5 Å². The fraction of sp³-hybridized carbons (Fsp3) is 0.312. The zero-order chi connectivity index (χ0) is 30.3. The molecule has 0 unspecified atom stereocenters. The van der Waals surface area contributed by atoms with Gasteiger partial charge in [0, 0.05) is 23.6 Å². The molecule has 4 aromatic rings. The van der Waals surface area contributed by atoms with Gasteiger partial charge in [0.15, 0.2) is 0 Å². The van der Waals surface area contributed by atoms with E-state index < -0.39 is 12.0 Å². The summed E-state index contributed by atoms with van der Waals surface area (Å²) in [6, 6.07) is 18.9. The number of anilines is 1. The zero-order valence-electron chi connectivity index (χ0n) is 23.9. The van der Waals surface area contributed by atoms with E-state index in [-0.39, 0.29) is 23.3 Å². The molecule has 1 saturated carbocycles. The third kappa shape index (κ3) is 7.31. The number of benzene rings is 3. The van der Waals surface area contributed by atoms with Gasteiger partial charge in [-0.3, -0.25) is 9.59 Å². The largest absolute Gasteiger partial charge is 0.478 e. The van der Waals surface area contributed by atoms with E-state index in [0.717, 1.165) is 53.5 Å². The molecule has 0 saturated heterocycles. The molecule has 1 aliphatic rings. The average molecular weight is 582 g/mol. The smallest absolute Gasteiger partial charge is 0.335 e. The second-order valence-electron chi connectivity index (χ2n) is 11.1. The summed E-state index contributed by atoms with van der Waals surface area (Å²) in [5, 5.41) is 29.1. The lowest BCUT2D eigenvalue weighted by atomic mass is 9.81. The molecule has 1 fully saturated rings. The maximum Gasteiger partial charge on any atom is 0.335 e. The summed E-state index contributed by atoms with van der Waals surface area (Å²) in [5.41, 5.74) is 11.1. The monoisotopic (exact) mass is 581 g/mol. The Morgan fingerprint density at radius 1 is 0.977 bits per heavy atom. The Hall–Kier alpha value is -4.90. The van der Waals surface area contributed by atoms with Crippen LogP contribution in [-0.4, -0.2) is 56.1 Å². The van der Waals surface area contributed by atoms with Crippen molar-refractivity contribution in [3.8, 4) is 22.5 Å². The molecule has 11 nitrogen and oxygen atoms in total. The van der Waals surface area contributed by atoms with Crippen LogP contribution in [0, 0.1) is 18.8 Å². The molecule has 43 heavy (non-hydrogen) atoms. The van der Waals surface area contributed by atoms with Crippen molar-refractivity contribution in [2.45, 2.75) is 45.1 Å². The minimum atomic E-state index is -0.972. The summed E-state index contributed by atoms with van der Waals surface area (Å²) >= 11 is 0. The topological polar surface area (TPSA) is 176 Å². The fourth-order valence-corrected chi connectivity index (χ4v) is 5.58. The van der Waals surface area contributed by atoms with Crippen molar-refractivity contribution in [2.75, 3.05) is 11.9 Å². The molecule has 11 heteroatoms. The number of aryl methyl sites for hydroxylation is 1. The maximum atomic E-state index is 13.6. The number of hydrogen-bond acceptors (Lipinski definition) is 7. The Morgan fingerprint density at radius 2 is 1.67 bits per heavy atom. The lowest BCUT2D eigenvalue weighted by Crippen LogP contribution is -2.48. The van der Waals surface area contributed by atoms with Crippen LogP contribution in [0.15, 0.2) is 66.7 Å². The Balaban J connectivity index is 1.33. The molecule has 6 N–H and O–H groups in total. The normalized spacial score (nSPS) is 17.2. The van der Waals surface area contributed by atoms with E-state index in [2.05, 4.69) is 31.3 Å². The number of carbonyl (C=O) groups is 3. The summed E-state index contributed by atoms with van der Waals surface area (Å²) in [5.74, 6) is -0.660. The molecule has 3 aromatic carbocycles. The number of aromatic amines is 1. The Morgan fingerprint density at radius 3 is 2.28 bits per heavy atom. The standard InChI is InChI=1S/C32H35N7O4/c1-19-16-21(4-15-27(19)22-7-9-25(10-8-22)32(42)43)17-28(35-30(40)24-5-2-20(18-33)3-6-24)31(41)34-26-13-11-23(12-14-26)29-36-38-39-37-29/h4,7-16,20,24,28H,2-3,5-6,17-18,33H2,1H3,(H,34,41)(H,35,40)(H,42,43)(H,36,37,38,39)/t20?,24?,28-/m0/s1. The molecule has 0 radical (unpaired) electrons. The van der Waals surface area contributed by atoms with Crippen LogP contribution in [0.3, 0.4) is 0 Å². The summed E-state index contributed by atoms with van der Waals surface area (Å²) < 4.78 is 0. The van der Waals surface area contributed by atoms with E-state index in [0.29, 0.717) is 30.4 Å². The van der Waals surface area contributed by atoms with Crippen LogP contribution >= 0.6 is 0 Å². The van der Waals surface area contributed by atoms with Crippen LogP contribution in [0.2, 0.25) is 0 Å². The van der Waals surface area contributed by atoms with Gasteiger partial charge in [-0.25, -0.2) is 4.79 Å². The minimum absolute atomic E-state index is 0.116. The van der Waals surface area contributed by atoms with Gasteiger partial charge in [0.1, 0.15) is 6.04 Å². The summed E-state index contributed by atoms with van der Waals surface area (Å²) in [6.45, 7) is 2.60. The average Bonchev–Trinajstić information content (AvgIpc) is 3.56. The molecule has 0 spiro atoms. The van der Waals surface area contributed by atoms with E-state index in [4.69, 9.17) is 5.73 Å². The van der Waals surface area contributed by atoms with Gasteiger partial charge in [-0.2, -0.15) is 5.21 Å². The van der Waals surface area contributed by atoms with Crippen LogP contribution in [-0.2, 0) is 16.0 Å². The van der Waals surface area contributed by atoms with Crippen LogP contribution in [0.25, 0.3) is 22.5 Å². The number of carboxylic acid groups (broad SMARTS) is 1. The second kappa shape index (κ2) is 13.4. The highest BCUT2D eigenvalue weighted by Gasteiger charge is 2.29. The van der Waals surface area contributed by atoms with Crippen molar-refractivity contribution in [2.24, 2.45) is 17.6 Å². The second-order valence-corrected chi connectivity index (χ2v) is 11.1. The maximum absolute atomic E-state index is 13.6. The highest BCUT2D eigenvalue weighted by atomic mass is 16.4. The van der Waals surface area contributed by atoms with Crippen molar-refractivity contribution in [3.05, 3.63) is 83.4 Å². The van der Waals surface area contributed by atoms with Gasteiger partial charge < -0.3 is 21.5 Å². The van der Waals surface area contributed by atoms with Gasteiger partial charge in [0.25, 0.3) is 0 Å². The van der Waals surface area contributed by atoms with E-state index in [1.165, 1.54) is 0 Å². The van der Waals surface area contributed by atoms with Gasteiger partial charge in [-0.1, -0.05) is 30.3 Å². The van der Waals surface area contributed by atoms with Gasteiger partial charge in [-0.15, -0.1) is 10.2 Å². The molecule has 1 aliphatic carbocycles. The van der Waals surface area contributed by atoms with Crippen LogP contribution in [0.5, 0.6) is 0 Å². The summed E-state index contributed by atoms with van der Waals surface area (Å²) in [4.78, 5) is 38.1. The highest BCUT2D eigenvalue weighted by Crippen LogP contribution is 2.29. The SMILES string of the molecule is Cc1cc(C[C@H](NC(=O)C2CCC(CN)CC2)C(=O)Nc2ccc(-c3nn[nH]n3)cc2)ccc1-c1ccc(C(=O)O)cc1. The molecule has 222 valence electrons. The molecule has 0 aliphatic heterocycles. The van der Waals surface area contributed by atoms with Crippen LogP contribution < -0.4 is 16.4 Å². The van der Waals surface area contributed by atoms with E-state index >= 15 is 0 Å². The third-order valence-electron chi connectivity index (χ3n) is 8.11. The molecule has 1 heterocycles. The van der Waals surface area contributed by atoms with Crippen molar-refractivity contribution in [1.82, 2.24) is 25.9 Å². The first-order chi connectivity index (χ1) is 20.8. The van der Waals surface area contributed by atoms with E-state index in [1.54, 1.807) is 48.5 Å². The van der Waals surface area contributed by atoms with E-state index in [1.807, 2.05) is 25.1 Å². The number of tetrazole rings is 1. The lowest BCUT2D eigenvalue weighted by molar-refractivity contribution is -0.130. The number of H-pyrrole nitrogens is 1. The highest BCUT2D eigenvalue weighted by molar-refractivity contribution is 5.98. The quantitative estimate of drug-likeness (QED) is 0.187. The first-order valence-electron chi connectivity index (χ1n) is 14.4. The number of nitrogens with one attached hydrogen (secondary N) is 3. The summed E-state index contributed by atoms with van der Waals surface area (Å²) in [7, 11) is 0. The number of amides is 2. The number of nitrogens with two attached hydrogens (primary N) is 1. The molecule has 1 aromatic heterocycles. The molecular weight excluding hydrogens is 546 g/mol. The number of nitrogens with zero attached hydrogens (tertiary/aromatic N) is 3. The van der Waals surface area contributed by atoms with Crippen molar-refractivity contribution in [3.63, 3.8) is 0 Å². The van der Waals surface area contributed by atoms with Gasteiger partial charge in [-0.05, 0) is 109 Å².